The van der Waals surface area contributed by atoms with Crippen molar-refractivity contribution in [1.82, 2.24) is 14.4 Å². The number of imidazole rings is 1. The van der Waals surface area contributed by atoms with Crippen LogP contribution in [-0.4, -0.2) is 14.4 Å². The summed E-state index contributed by atoms with van der Waals surface area (Å²) in [5, 5.41) is 8.88. The molecule has 2 N–H and O–H groups in total. The molecule has 0 unspecified atom stereocenters. The predicted octanol–water partition coefficient (Wildman–Crippen LogP) is 1.53. The third-order valence-corrected chi connectivity index (χ3v) is 2.48. The van der Waals surface area contributed by atoms with Crippen LogP contribution in [0.3, 0.4) is 0 Å². The van der Waals surface area contributed by atoms with E-state index < -0.39 is 0 Å². The van der Waals surface area contributed by atoms with Gasteiger partial charge < -0.3 is 5.73 Å². The van der Waals surface area contributed by atoms with Crippen molar-refractivity contribution < 1.29 is 0 Å². The summed E-state index contributed by atoms with van der Waals surface area (Å²) in [4.78, 5) is 8.36. The minimum Gasteiger partial charge on any atom is -0.385 e. The quantitative estimate of drug-likeness (QED) is 0.841. The van der Waals surface area contributed by atoms with E-state index in [9.17, 15) is 0 Å². The Morgan fingerprint density at radius 2 is 2.38 bits per heavy atom. The van der Waals surface area contributed by atoms with E-state index in [0.29, 0.717) is 17.2 Å². The Morgan fingerprint density at radius 1 is 1.56 bits per heavy atom. The summed E-state index contributed by atoms with van der Waals surface area (Å²) in [6.45, 7) is 2.13. The molecular weight excluding hydrogens is 202 g/mol. The lowest BCUT2D eigenvalue weighted by molar-refractivity contribution is 0.776. The van der Waals surface area contributed by atoms with Gasteiger partial charge in [0.25, 0.3) is 0 Å². The second-order valence-electron chi connectivity index (χ2n) is 3.67. The molecule has 2 aromatic rings. The van der Waals surface area contributed by atoms with Crippen LogP contribution in [0.1, 0.15) is 31.2 Å². The summed E-state index contributed by atoms with van der Waals surface area (Å²) in [7, 11) is 0. The van der Waals surface area contributed by atoms with E-state index in [0.717, 1.165) is 25.0 Å². The third-order valence-electron chi connectivity index (χ3n) is 2.48. The summed E-state index contributed by atoms with van der Waals surface area (Å²) < 4.78 is 1.63. The second-order valence-corrected chi connectivity index (χ2v) is 3.67. The van der Waals surface area contributed by atoms with Gasteiger partial charge in [-0.25, -0.2) is 9.97 Å². The molecule has 0 aliphatic carbocycles. The molecule has 0 bridgehead atoms. The van der Waals surface area contributed by atoms with Crippen LogP contribution in [0.2, 0.25) is 0 Å². The van der Waals surface area contributed by atoms with Crippen LogP contribution in [0.15, 0.2) is 12.4 Å². The lowest BCUT2D eigenvalue weighted by atomic mass is 10.2. The fraction of sp³-hybridized carbons (Fsp3) is 0.364. The number of unbranched alkanes of at least 4 members (excludes halogenated alkanes) is 1. The van der Waals surface area contributed by atoms with Crippen LogP contribution in [0.5, 0.6) is 0 Å². The highest BCUT2D eigenvalue weighted by Gasteiger charge is 2.08. The molecule has 2 aromatic heterocycles. The van der Waals surface area contributed by atoms with Gasteiger partial charge in [-0.3, -0.25) is 4.40 Å². The summed E-state index contributed by atoms with van der Waals surface area (Å²) in [5.41, 5.74) is 7.66. The standard InChI is InChI=1S/C11H13N5/c1-2-3-4-8-5-10(13)16-7-14-9(6-12)11(16)15-8/h5,7H,2-4,13H2,1H3. The maximum absolute atomic E-state index is 8.88. The molecule has 0 radical (unpaired) electrons. The van der Waals surface area contributed by atoms with Crippen molar-refractivity contribution in [2.75, 3.05) is 5.73 Å². The maximum Gasteiger partial charge on any atom is 0.185 e. The van der Waals surface area contributed by atoms with Gasteiger partial charge in [0.1, 0.15) is 18.2 Å². The van der Waals surface area contributed by atoms with Crippen molar-refractivity contribution in [2.45, 2.75) is 26.2 Å². The number of aryl methyl sites for hydroxylation is 1. The lowest BCUT2D eigenvalue weighted by Crippen LogP contribution is -2.01. The minimum atomic E-state index is 0.324. The number of nitrogens with zero attached hydrogens (tertiary/aromatic N) is 4. The van der Waals surface area contributed by atoms with E-state index in [1.165, 1.54) is 6.33 Å². The minimum absolute atomic E-state index is 0.324. The molecule has 2 heterocycles. The number of rotatable bonds is 3. The van der Waals surface area contributed by atoms with Crippen molar-refractivity contribution in [3.05, 3.63) is 23.8 Å². The average Bonchev–Trinajstić information content (AvgIpc) is 2.69. The number of nitrogen functional groups attached to an aromatic ring is 1. The van der Waals surface area contributed by atoms with E-state index in [4.69, 9.17) is 11.0 Å². The van der Waals surface area contributed by atoms with Crippen molar-refractivity contribution in [2.24, 2.45) is 0 Å². The highest BCUT2D eigenvalue weighted by Crippen LogP contribution is 2.14. The Bertz CT molecular complexity index is 549. The van der Waals surface area contributed by atoms with E-state index in [2.05, 4.69) is 16.9 Å². The number of nitriles is 1. The zero-order valence-electron chi connectivity index (χ0n) is 9.14. The fourth-order valence-electron chi connectivity index (χ4n) is 1.61. The van der Waals surface area contributed by atoms with Gasteiger partial charge in [-0.2, -0.15) is 5.26 Å². The first-order chi connectivity index (χ1) is 7.76. The Labute approximate surface area is 93.5 Å². The normalized spacial score (nSPS) is 10.5. The number of nitrogens with two attached hydrogens (primary N) is 1. The molecule has 0 saturated carbocycles. The highest BCUT2D eigenvalue weighted by atomic mass is 15.1. The molecule has 0 spiro atoms. The number of anilines is 1. The predicted molar refractivity (Wildman–Crippen MR) is 60.7 cm³/mol. The summed E-state index contributed by atoms with van der Waals surface area (Å²) in [6.07, 6.45) is 4.59. The Morgan fingerprint density at radius 3 is 3.06 bits per heavy atom. The van der Waals surface area contributed by atoms with Gasteiger partial charge in [-0.15, -0.1) is 0 Å². The van der Waals surface area contributed by atoms with Crippen molar-refractivity contribution in [3.63, 3.8) is 0 Å². The highest BCUT2D eigenvalue weighted by molar-refractivity contribution is 5.56. The molecule has 2 rings (SSSR count). The molecular formula is C11H13N5. The van der Waals surface area contributed by atoms with Gasteiger partial charge in [-0.1, -0.05) is 13.3 Å². The Hall–Kier alpha value is -2.09. The molecule has 0 aromatic carbocycles. The van der Waals surface area contributed by atoms with E-state index in [1.54, 1.807) is 4.40 Å². The van der Waals surface area contributed by atoms with Gasteiger partial charge in [0.05, 0.1) is 0 Å². The molecule has 0 amide bonds. The van der Waals surface area contributed by atoms with E-state index in [-0.39, 0.29) is 0 Å². The first-order valence-corrected chi connectivity index (χ1v) is 5.28. The molecule has 16 heavy (non-hydrogen) atoms. The van der Waals surface area contributed by atoms with Crippen molar-refractivity contribution in [3.8, 4) is 6.07 Å². The summed E-state index contributed by atoms with van der Waals surface area (Å²) in [5.74, 6) is 0.574. The first-order valence-electron chi connectivity index (χ1n) is 5.28. The topological polar surface area (TPSA) is 80.0 Å². The fourth-order valence-corrected chi connectivity index (χ4v) is 1.61. The monoisotopic (exact) mass is 215 g/mol. The van der Waals surface area contributed by atoms with Crippen LogP contribution < -0.4 is 5.73 Å². The molecule has 0 saturated heterocycles. The molecule has 0 aliphatic heterocycles. The molecule has 0 aliphatic rings. The van der Waals surface area contributed by atoms with Gasteiger partial charge in [0, 0.05) is 11.8 Å². The Balaban J connectivity index is 2.51. The maximum atomic E-state index is 8.88. The molecule has 82 valence electrons. The smallest absolute Gasteiger partial charge is 0.185 e. The van der Waals surface area contributed by atoms with Crippen molar-refractivity contribution >= 4 is 11.5 Å². The third kappa shape index (κ3) is 1.70. The van der Waals surface area contributed by atoms with Crippen LogP contribution in [0, 0.1) is 11.3 Å². The lowest BCUT2D eigenvalue weighted by Gasteiger charge is -2.03. The SMILES string of the molecule is CCCCc1cc(N)n2cnc(C#N)c2n1. The zero-order valence-corrected chi connectivity index (χ0v) is 9.14. The molecule has 5 nitrogen and oxygen atoms in total. The Kier molecular flexibility index (Phi) is 2.73. The van der Waals surface area contributed by atoms with Crippen LogP contribution in [-0.2, 0) is 6.42 Å². The van der Waals surface area contributed by atoms with Crippen LogP contribution in [0.25, 0.3) is 5.65 Å². The number of aromatic nitrogens is 3. The van der Waals surface area contributed by atoms with Crippen molar-refractivity contribution in [1.29, 1.82) is 5.26 Å². The van der Waals surface area contributed by atoms with Gasteiger partial charge in [-0.05, 0) is 12.8 Å². The van der Waals surface area contributed by atoms with Gasteiger partial charge >= 0.3 is 0 Å². The van der Waals surface area contributed by atoms with E-state index >= 15 is 0 Å². The second kappa shape index (κ2) is 4.19. The molecule has 0 fully saturated rings. The number of fused-ring (bicyclic) bond motifs is 1. The first kappa shape index (κ1) is 10.4. The largest absolute Gasteiger partial charge is 0.385 e. The molecule has 0 atom stereocenters. The summed E-state index contributed by atoms with van der Waals surface area (Å²) in [6, 6.07) is 3.85. The van der Waals surface area contributed by atoms with Crippen LogP contribution >= 0.6 is 0 Å². The number of hydrogen-bond donors (Lipinski definition) is 1. The van der Waals surface area contributed by atoms with E-state index in [1.807, 2.05) is 12.1 Å². The van der Waals surface area contributed by atoms with Crippen LogP contribution in [0.4, 0.5) is 5.82 Å². The summed E-state index contributed by atoms with van der Waals surface area (Å²) >= 11 is 0. The number of hydrogen-bond acceptors (Lipinski definition) is 4. The average molecular weight is 215 g/mol. The molecule has 5 heteroatoms. The van der Waals surface area contributed by atoms with Gasteiger partial charge in [0.2, 0.25) is 0 Å². The van der Waals surface area contributed by atoms with Gasteiger partial charge in [0.15, 0.2) is 11.3 Å². The zero-order chi connectivity index (χ0) is 11.5.